The average Bonchev–Trinajstić information content (AvgIpc) is 3.42. The Morgan fingerprint density at radius 1 is 0.795 bits per heavy atom. The van der Waals surface area contributed by atoms with Crippen LogP contribution in [0.15, 0.2) is 96.1 Å². The molecule has 0 aromatic heterocycles. The summed E-state index contributed by atoms with van der Waals surface area (Å²) in [5.74, 6) is 0.0342. The maximum Gasteiger partial charge on any atom is 0.343 e. The fourth-order valence-electron chi connectivity index (χ4n) is 3.73. The molecule has 0 saturated heterocycles. The molecule has 39 heavy (non-hydrogen) atoms. The van der Waals surface area contributed by atoms with Gasteiger partial charge < -0.3 is 19.5 Å². The molecular formula is C30H23N3O6. The van der Waals surface area contributed by atoms with Crippen molar-refractivity contribution in [2.45, 2.75) is 6.92 Å². The van der Waals surface area contributed by atoms with Crippen molar-refractivity contribution in [2.24, 2.45) is 5.10 Å². The molecule has 1 aliphatic heterocycles. The van der Waals surface area contributed by atoms with Crippen molar-refractivity contribution >= 4 is 29.7 Å². The van der Waals surface area contributed by atoms with E-state index in [2.05, 4.69) is 15.8 Å². The highest BCUT2D eigenvalue weighted by Crippen LogP contribution is 2.32. The Labute approximate surface area is 224 Å². The molecule has 4 aromatic rings. The number of nitrogens with one attached hydrogen (secondary N) is 2. The summed E-state index contributed by atoms with van der Waals surface area (Å²) in [5.41, 5.74) is 5.52. The van der Waals surface area contributed by atoms with Gasteiger partial charge in [-0.25, -0.2) is 10.2 Å². The molecule has 0 radical (unpaired) electrons. The monoisotopic (exact) mass is 521 g/mol. The largest absolute Gasteiger partial charge is 0.454 e. The summed E-state index contributed by atoms with van der Waals surface area (Å²) in [5, 5.41) is 6.78. The van der Waals surface area contributed by atoms with E-state index in [1.54, 1.807) is 72.8 Å². The Balaban J connectivity index is 1.21. The number of hydrogen-bond acceptors (Lipinski definition) is 7. The van der Waals surface area contributed by atoms with Crippen LogP contribution in [0.25, 0.3) is 0 Å². The number of amides is 2. The minimum Gasteiger partial charge on any atom is -0.454 e. The molecule has 0 atom stereocenters. The van der Waals surface area contributed by atoms with Crippen molar-refractivity contribution in [3.8, 4) is 17.2 Å². The number of fused-ring (bicyclic) bond motifs is 1. The molecule has 0 aliphatic carbocycles. The number of rotatable bonds is 7. The predicted molar refractivity (Wildman–Crippen MR) is 145 cm³/mol. The lowest BCUT2D eigenvalue weighted by atomic mass is 10.1. The SMILES string of the molecule is Cc1ccc(C(=O)Oc2ccccc2C=NNC(=O)c2cccc(NC(=O)c3ccc4c(c3)OCO4)c2)cc1. The van der Waals surface area contributed by atoms with Gasteiger partial charge >= 0.3 is 5.97 Å². The van der Waals surface area contributed by atoms with Crippen LogP contribution in [0.1, 0.15) is 42.2 Å². The highest BCUT2D eigenvalue weighted by molar-refractivity contribution is 6.05. The number of aryl methyl sites for hydroxylation is 1. The van der Waals surface area contributed by atoms with Crippen LogP contribution >= 0.6 is 0 Å². The smallest absolute Gasteiger partial charge is 0.343 e. The van der Waals surface area contributed by atoms with Gasteiger partial charge in [-0.2, -0.15) is 5.10 Å². The van der Waals surface area contributed by atoms with Gasteiger partial charge in [0.1, 0.15) is 5.75 Å². The minimum absolute atomic E-state index is 0.115. The number of ether oxygens (including phenoxy) is 3. The Bertz CT molecular complexity index is 1580. The Morgan fingerprint density at radius 2 is 1.54 bits per heavy atom. The van der Waals surface area contributed by atoms with Gasteiger partial charge in [0.2, 0.25) is 6.79 Å². The minimum atomic E-state index is -0.500. The summed E-state index contributed by atoms with van der Waals surface area (Å²) >= 11 is 0. The molecule has 1 heterocycles. The molecule has 9 heteroatoms. The van der Waals surface area contributed by atoms with Gasteiger partial charge in [-0.15, -0.1) is 0 Å². The van der Waals surface area contributed by atoms with Crippen molar-refractivity contribution < 1.29 is 28.6 Å². The van der Waals surface area contributed by atoms with Crippen LogP contribution in [0.3, 0.4) is 0 Å². The van der Waals surface area contributed by atoms with E-state index in [1.807, 2.05) is 19.1 Å². The van der Waals surface area contributed by atoms with Gasteiger partial charge in [-0.1, -0.05) is 35.9 Å². The van der Waals surface area contributed by atoms with Crippen LogP contribution in [-0.2, 0) is 0 Å². The lowest BCUT2D eigenvalue weighted by Crippen LogP contribution is -2.18. The van der Waals surface area contributed by atoms with Gasteiger partial charge in [-0.3, -0.25) is 9.59 Å². The number of para-hydroxylation sites is 1. The van der Waals surface area contributed by atoms with E-state index in [0.717, 1.165) is 5.56 Å². The molecule has 0 spiro atoms. The number of carbonyl (C=O) groups is 3. The van der Waals surface area contributed by atoms with Crippen molar-refractivity contribution in [2.75, 3.05) is 12.1 Å². The Morgan fingerprint density at radius 3 is 2.38 bits per heavy atom. The zero-order valence-corrected chi connectivity index (χ0v) is 20.8. The second-order valence-electron chi connectivity index (χ2n) is 8.60. The molecule has 9 nitrogen and oxygen atoms in total. The normalized spacial score (nSPS) is 11.7. The molecule has 4 aromatic carbocycles. The number of hydrazone groups is 1. The van der Waals surface area contributed by atoms with E-state index in [1.165, 1.54) is 12.3 Å². The maximum absolute atomic E-state index is 12.7. The molecule has 194 valence electrons. The number of anilines is 1. The van der Waals surface area contributed by atoms with Crippen molar-refractivity contribution in [1.29, 1.82) is 0 Å². The standard InChI is InChI=1S/C30H23N3O6/c1-19-9-11-20(12-10-19)30(36)39-25-8-3-2-5-23(25)17-31-33-29(35)21-6-4-7-24(15-21)32-28(34)22-13-14-26-27(16-22)38-18-37-26/h2-17H,18H2,1H3,(H,32,34)(H,33,35). The third kappa shape index (κ3) is 6.11. The molecule has 0 saturated carbocycles. The van der Waals surface area contributed by atoms with Gasteiger partial charge in [0, 0.05) is 22.4 Å². The number of carbonyl (C=O) groups excluding carboxylic acids is 3. The molecule has 0 bridgehead atoms. The molecule has 2 amide bonds. The predicted octanol–water partition coefficient (Wildman–Crippen LogP) is 4.96. The van der Waals surface area contributed by atoms with Crippen LogP contribution in [0.2, 0.25) is 0 Å². The molecule has 5 rings (SSSR count). The number of esters is 1. The van der Waals surface area contributed by atoms with E-state index in [9.17, 15) is 14.4 Å². The third-order valence-corrected chi connectivity index (χ3v) is 5.80. The lowest BCUT2D eigenvalue weighted by Gasteiger charge is -2.08. The van der Waals surface area contributed by atoms with E-state index < -0.39 is 11.9 Å². The van der Waals surface area contributed by atoms with Crippen molar-refractivity contribution in [3.05, 3.63) is 119 Å². The molecule has 0 fully saturated rings. The first-order valence-corrected chi connectivity index (χ1v) is 12.0. The number of nitrogens with zero attached hydrogens (tertiary/aromatic N) is 1. The van der Waals surface area contributed by atoms with E-state index in [-0.39, 0.29) is 18.3 Å². The number of benzene rings is 4. The van der Waals surface area contributed by atoms with Crippen molar-refractivity contribution in [3.63, 3.8) is 0 Å². The summed E-state index contributed by atoms with van der Waals surface area (Å²) < 4.78 is 16.1. The quantitative estimate of drug-likeness (QED) is 0.154. The number of hydrogen-bond donors (Lipinski definition) is 2. The topological polar surface area (TPSA) is 115 Å². The van der Waals surface area contributed by atoms with Gasteiger partial charge in [0.25, 0.3) is 11.8 Å². The fourth-order valence-corrected chi connectivity index (χ4v) is 3.73. The van der Waals surface area contributed by atoms with E-state index in [0.29, 0.717) is 39.6 Å². The summed E-state index contributed by atoms with van der Waals surface area (Å²) in [6, 6.07) is 25.2. The molecule has 0 unspecified atom stereocenters. The third-order valence-electron chi connectivity index (χ3n) is 5.80. The molecular weight excluding hydrogens is 498 g/mol. The first-order valence-electron chi connectivity index (χ1n) is 12.0. The van der Waals surface area contributed by atoms with E-state index >= 15 is 0 Å². The first-order chi connectivity index (χ1) is 19.0. The zero-order valence-electron chi connectivity index (χ0n) is 20.8. The van der Waals surface area contributed by atoms with Crippen LogP contribution in [0.5, 0.6) is 17.2 Å². The summed E-state index contributed by atoms with van der Waals surface area (Å²) in [6.45, 7) is 2.05. The van der Waals surface area contributed by atoms with Crippen molar-refractivity contribution in [1.82, 2.24) is 5.43 Å². The van der Waals surface area contributed by atoms with Crippen LogP contribution in [0, 0.1) is 6.92 Å². The molecule has 2 N–H and O–H groups in total. The Hall–Kier alpha value is -5.44. The summed E-state index contributed by atoms with van der Waals surface area (Å²) in [4.78, 5) is 37.9. The lowest BCUT2D eigenvalue weighted by molar-refractivity contribution is 0.0734. The van der Waals surface area contributed by atoms with Gasteiger partial charge in [0.05, 0.1) is 11.8 Å². The zero-order chi connectivity index (χ0) is 27.2. The second kappa shape index (κ2) is 11.3. The summed E-state index contributed by atoms with van der Waals surface area (Å²) in [6.07, 6.45) is 1.39. The van der Waals surface area contributed by atoms with Gasteiger partial charge in [0.15, 0.2) is 11.5 Å². The maximum atomic E-state index is 12.7. The van der Waals surface area contributed by atoms with Crippen LogP contribution in [-0.4, -0.2) is 30.8 Å². The van der Waals surface area contributed by atoms with E-state index in [4.69, 9.17) is 14.2 Å². The van der Waals surface area contributed by atoms with Gasteiger partial charge in [-0.05, 0) is 67.6 Å². The fraction of sp³-hybridized carbons (Fsp3) is 0.0667. The highest BCUT2D eigenvalue weighted by atomic mass is 16.7. The first kappa shape index (κ1) is 25.2. The van der Waals surface area contributed by atoms with Crippen LogP contribution < -0.4 is 25.0 Å². The highest BCUT2D eigenvalue weighted by Gasteiger charge is 2.17. The summed E-state index contributed by atoms with van der Waals surface area (Å²) in [7, 11) is 0. The van der Waals surface area contributed by atoms with Crippen LogP contribution in [0.4, 0.5) is 5.69 Å². The second-order valence-corrected chi connectivity index (χ2v) is 8.60. The Kier molecular flexibility index (Phi) is 7.31. The molecule has 1 aliphatic rings. The average molecular weight is 522 g/mol.